The molecular weight excluding hydrogens is 222 g/mol. The molecule has 0 radical (unpaired) electrons. The van der Waals surface area contributed by atoms with E-state index in [9.17, 15) is 4.79 Å². The Hall–Kier alpha value is -1.49. The number of amides is 1. The highest BCUT2D eigenvalue weighted by molar-refractivity contribution is 7.80. The third-order valence-electron chi connectivity index (χ3n) is 2.20. The van der Waals surface area contributed by atoms with Gasteiger partial charge in [0, 0.05) is 38.8 Å². The van der Waals surface area contributed by atoms with E-state index in [0.717, 1.165) is 5.56 Å². The van der Waals surface area contributed by atoms with Crippen LogP contribution in [0, 0.1) is 0 Å². The standard InChI is InChI=1S/C11H15N3OS/c1-9(15)14(7-4-11(12)16)8-10-2-5-13-6-3-10/h2-3,5-6H,4,7-8H2,1H3,(H2,12,16). The molecule has 4 nitrogen and oxygen atoms in total. The van der Waals surface area contributed by atoms with Crippen molar-refractivity contribution in [3.05, 3.63) is 30.1 Å². The Morgan fingerprint density at radius 1 is 1.50 bits per heavy atom. The van der Waals surface area contributed by atoms with Gasteiger partial charge in [-0.05, 0) is 17.7 Å². The van der Waals surface area contributed by atoms with Crippen molar-refractivity contribution in [1.29, 1.82) is 0 Å². The zero-order chi connectivity index (χ0) is 12.0. The van der Waals surface area contributed by atoms with Gasteiger partial charge in [-0.25, -0.2) is 0 Å². The normalized spacial score (nSPS) is 9.81. The second-order valence-corrected chi connectivity index (χ2v) is 4.04. The lowest BCUT2D eigenvalue weighted by Gasteiger charge is -2.20. The highest BCUT2D eigenvalue weighted by atomic mass is 32.1. The largest absolute Gasteiger partial charge is 0.393 e. The molecule has 0 saturated heterocycles. The van der Waals surface area contributed by atoms with Crippen LogP contribution < -0.4 is 5.73 Å². The number of hydrogen-bond acceptors (Lipinski definition) is 3. The average molecular weight is 237 g/mol. The van der Waals surface area contributed by atoms with Gasteiger partial charge >= 0.3 is 0 Å². The third-order valence-corrected chi connectivity index (χ3v) is 2.40. The molecule has 1 rings (SSSR count). The van der Waals surface area contributed by atoms with Gasteiger partial charge in [-0.3, -0.25) is 9.78 Å². The number of pyridine rings is 1. The predicted octanol–water partition coefficient (Wildman–Crippen LogP) is 1.11. The minimum atomic E-state index is 0.0214. The molecule has 0 spiro atoms. The van der Waals surface area contributed by atoms with Crippen LogP contribution in [0.2, 0.25) is 0 Å². The van der Waals surface area contributed by atoms with Crippen LogP contribution >= 0.6 is 12.2 Å². The molecule has 5 heteroatoms. The van der Waals surface area contributed by atoms with E-state index in [1.807, 2.05) is 12.1 Å². The van der Waals surface area contributed by atoms with Gasteiger partial charge in [0.2, 0.25) is 5.91 Å². The molecule has 1 amide bonds. The van der Waals surface area contributed by atoms with Gasteiger partial charge in [0.25, 0.3) is 0 Å². The molecule has 0 unspecified atom stereocenters. The first-order valence-electron chi connectivity index (χ1n) is 5.02. The first kappa shape index (κ1) is 12.6. The number of aromatic nitrogens is 1. The minimum Gasteiger partial charge on any atom is -0.393 e. The molecule has 0 fully saturated rings. The van der Waals surface area contributed by atoms with Gasteiger partial charge in [0.05, 0.1) is 4.99 Å². The summed E-state index contributed by atoms with van der Waals surface area (Å²) in [4.78, 5) is 17.5. The highest BCUT2D eigenvalue weighted by Gasteiger charge is 2.09. The predicted molar refractivity (Wildman–Crippen MR) is 66.7 cm³/mol. The fraction of sp³-hybridized carbons (Fsp3) is 0.364. The first-order valence-corrected chi connectivity index (χ1v) is 5.43. The molecule has 0 aliphatic carbocycles. The lowest BCUT2D eigenvalue weighted by atomic mass is 10.2. The van der Waals surface area contributed by atoms with Gasteiger partial charge in [0.1, 0.15) is 0 Å². The molecule has 1 aromatic rings. The molecule has 0 atom stereocenters. The molecule has 0 aliphatic heterocycles. The van der Waals surface area contributed by atoms with Gasteiger partial charge in [-0.1, -0.05) is 12.2 Å². The Labute approximate surface area is 100 Å². The van der Waals surface area contributed by atoms with E-state index in [-0.39, 0.29) is 5.91 Å². The second kappa shape index (κ2) is 6.17. The molecular formula is C11H15N3OS. The number of carbonyl (C=O) groups is 1. The van der Waals surface area contributed by atoms with Crippen LogP contribution in [0.15, 0.2) is 24.5 Å². The minimum absolute atomic E-state index is 0.0214. The number of rotatable bonds is 5. The molecule has 0 aromatic carbocycles. The summed E-state index contributed by atoms with van der Waals surface area (Å²) in [6.45, 7) is 2.67. The van der Waals surface area contributed by atoms with Crippen LogP contribution in [-0.2, 0) is 11.3 Å². The molecule has 0 bridgehead atoms. The average Bonchev–Trinajstić information content (AvgIpc) is 2.25. The maximum atomic E-state index is 11.4. The zero-order valence-electron chi connectivity index (χ0n) is 9.22. The summed E-state index contributed by atoms with van der Waals surface area (Å²) in [5, 5.41) is 0. The summed E-state index contributed by atoms with van der Waals surface area (Å²) in [7, 11) is 0. The lowest BCUT2D eigenvalue weighted by molar-refractivity contribution is -0.129. The van der Waals surface area contributed by atoms with Crippen LogP contribution in [0.25, 0.3) is 0 Å². The molecule has 2 N–H and O–H groups in total. The van der Waals surface area contributed by atoms with Crippen LogP contribution in [0.5, 0.6) is 0 Å². The Kier molecular flexibility index (Phi) is 4.85. The van der Waals surface area contributed by atoms with E-state index in [2.05, 4.69) is 4.98 Å². The Balaban J connectivity index is 2.58. The van der Waals surface area contributed by atoms with Gasteiger partial charge in [-0.15, -0.1) is 0 Å². The summed E-state index contributed by atoms with van der Waals surface area (Å²) in [6.07, 6.45) is 3.97. The van der Waals surface area contributed by atoms with Crippen molar-refractivity contribution in [2.75, 3.05) is 6.54 Å². The van der Waals surface area contributed by atoms with Crippen molar-refractivity contribution in [2.45, 2.75) is 19.9 Å². The quantitative estimate of drug-likeness (QED) is 0.779. The van der Waals surface area contributed by atoms with Crippen LogP contribution in [0.4, 0.5) is 0 Å². The fourth-order valence-corrected chi connectivity index (χ4v) is 1.39. The van der Waals surface area contributed by atoms with Gasteiger partial charge in [-0.2, -0.15) is 0 Å². The van der Waals surface area contributed by atoms with E-state index in [4.69, 9.17) is 18.0 Å². The SMILES string of the molecule is CC(=O)N(CCC(N)=S)Cc1ccncc1. The van der Waals surface area contributed by atoms with Crippen molar-refractivity contribution >= 4 is 23.1 Å². The molecule has 16 heavy (non-hydrogen) atoms. The third kappa shape index (κ3) is 4.35. The van der Waals surface area contributed by atoms with E-state index in [0.29, 0.717) is 24.5 Å². The maximum Gasteiger partial charge on any atom is 0.219 e. The first-order chi connectivity index (χ1) is 7.59. The van der Waals surface area contributed by atoms with Crippen molar-refractivity contribution in [3.63, 3.8) is 0 Å². The molecule has 1 aromatic heterocycles. The summed E-state index contributed by atoms with van der Waals surface area (Å²) in [5.74, 6) is 0.0214. The molecule has 0 saturated carbocycles. The number of carbonyl (C=O) groups excluding carboxylic acids is 1. The van der Waals surface area contributed by atoms with Crippen molar-refractivity contribution in [3.8, 4) is 0 Å². The summed E-state index contributed by atoms with van der Waals surface area (Å²) < 4.78 is 0. The van der Waals surface area contributed by atoms with E-state index >= 15 is 0 Å². The number of nitrogens with two attached hydrogens (primary N) is 1. The van der Waals surface area contributed by atoms with Crippen LogP contribution in [-0.4, -0.2) is 27.3 Å². The van der Waals surface area contributed by atoms with E-state index < -0.39 is 0 Å². The monoisotopic (exact) mass is 237 g/mol. The summed E-state index contributed by atoms with van der Waals surface area (Å²) in [6, 6.07) is 3.77. The molecule has 0 aliphatic rings. The Morgan fingerprint density at radius 3 is 2.62 bits per heavy atom. The lowest BCUT2D eigenvalue weighted by Crippen LogP contribution is -2.31. The number of nitrogens with zero attached hydrogens (tertiary/aromatic N) is 2. The Morgan fingerprint density at radius 2 is 2.12 bits per heavy atom. The molecule has 1 heterocycles. The smallest absolute Gasteiger partial charge is 0.219 e. The topological polar surface area (TPSA) is 59.2 Å². The van der Waals surface area contributed by atoms with E-state index in [1.165, 1.54) is 0 Å². The van der Waals surface area contributed by atoms with Crippen LogP contribution in [0.1, 0.15) is 18.9 Å². The second-order valence-electron chi connectivity index (χ2n) is 3.51. The van der Waals surface area contributed by atoms with Crippen molar-refractivity contribution < 1.29 is 4.79 Å². The number of hydrogen-bond donors (Lipinski definition) is 1. The van der Waals surface area contributed by atoms with Crippen molar-refractivity contribution in [1.82, 2.24) is 9.88 Å². The van der Waals surface area contributed by atoms with Crippen LogP contribution in [0.3, 0.4) is 0 Å². The maximum absolute atomic E-state index is 11.4. The van der Waals surface area contributed by atoms with Gasteiger partial charge < -0.3 is 10.6 Å². The summed E-state index contributed by atoms with van der Waals surface area (Å²) >= 11 is 4.79. The summed E-state index contributed by atoms with van der Waals surface area (Å²) in [5.41, 5.74) is 6.47. The van der Waals surface area contributed by atoms with Gasteiger partial charge in [0.15, 0.2) is 0 Å². The zero-order valence-corrected chi connectivity index (χ0v) is 10.0. The van der Waals surface area contributed by atoms with Crippen molar-refractivity contribution in [2.24, 2.45) is 5.73 Å². The van der Waals surface area contributed by atoms with E-state index in [1.54, 1.807) is 24.2 Å². The highest BCUT2D eigenvalue weighted by Crippen LogP contribution is 2.04. The molecule has 86 valence electrons. The fourth-order valence-electron chi connectivity index (χ4n) is 1.30. The number of thiocarbonyl (C=S) groups is 1. The Bertz CT molecular complexity index is 367.